The lowest BCUT2D eigenvalue weighted by Gasteiger charge is -1.99. The second-order valence-corrected chi connectivity index (χ2v) is 6.82. The first-order valence-corrected chi connectivity index (χ1v) is 8.08. The molecule has 0 spiro atoms. The number of amides is 1. The highest BCUT2D eigenvalue weighted by molar-refractivity contribution is 8.01. The maximum absolute atomic E-state index is 11.8. The van der Waals surface area contributed by atoms with E-state index in [9.17, 15) is 4.79 Å². The lowest BCUT2D eigenvalue weighted by molar-refractivity contribution is -0.113. The van der Waals surface area contributed by atoms with Gasteiger partial charge in [0.1, 0.15) is 5.69 Å². The maximum Gasteiger partial charge on any atom is 0.236 e. The number of thiazole rings is 1. The van der Waals surface area contributed by atoms with E-state index in [1.54, 1.807) is 6.92 Å². The van der Waals surface area contributed by atoms with Gasteiger partial charge in [-0.3, -0.25) is 4.79 Å². The first kappa shape index (κ1) is 14.3. The van der Waals surface area contributed by atoms with E-state index in [2.05, 4.69) is 25.2 Å². The quantitative estimate of drug-likeness (QED) is 0.733. The number of nitrogens with one attached hydrogen (secondary N) is 1. The summed E-state index contributed by atoms with van der Waals surface area (Å²) in [6, 6.07) is 5.55. The lowest BCUT2D eigenvalue weighted by atomic mass is 10.3. The van der Waals surface area contributed by atoms with Gasteiger partial charge >= 0.3 is 0 Å². The number of aromatic nitrogens is 3. The van der Waals surface area contributed by atoms with Crippen molar-refractivity contribution in [1.82, 2.24) is 15.3 Å². The first-order valence-electron chi connectivity index (χ1n) is 5.90. The molecule has 3 rings (SSSR count). The minimum Gasteiger partial charge on any atom is -0.306 e. The normalized spacial score (nSPS) is 11.0. The summed E-state index contributed by atoms with van der Waals surface area (Å²) in [5.74, 6) is 0.396. The number of carbonyl (C=O) groups excluding carboxylic acids is 1. The number of hydrogen-bond acceptors (Lipinski definition) is 7. The molecule has 9 heteroatoms. The molecule has 0 aliphatic rings. The number of halogens is 1. The predicted octanol–water partition coefficient (Wildman–Crippen LogP) is 3.37. The van der Waals surface area contributed by atoms with Crippen molar-refractivity contribution in [1.29, 1.82) is 0 Å². The zero-order valence-electron chi connectivity index (χ0n) is 10.8. The van der Waals surface area contributed by atoms with E-state index < -0.39 is 0 Å². The molecule has 0 saturated heterocycles. The van der Waals surface area contributed by atoms with Crippen molar-refractivity contribution in [3.05, 3.63) is 28.9 Å². The molecule has 0 saturated carbocycles. The summed E-state index contributed by atoms with van der Waals surface area (Å²) in [6.45, 7) is 1.70. The Morgan fingerprint density at radius 3 is 3.10 bits per heavy atom. The summed E-state index contributed by atoms with van der Waals surface area (Å²) >= 11 is 8.81. The average molecular weight is 341 g/mol. The van der Waals surface area contributed by atoms with Gasteiger partial charge in [-0.2, -0.15) is 0 Å². The maximum atomic E-state index is 11.8. The number of thioether (sulfide) groups is 1. The second kappa shape index (κ2) is 6.00. The highest BCUT2D eigenvalue weighted by Crippen LogP contribution is 2.30. The fraction of sp³-hybridized carbons (Fsp3) is 0.167. The van der Waals surface area contributed by atoms with Gasteiger partial charge < -0.3 is 5.32 Å². The second-order valence-electron chi connectivity index (χ2n) is 4.13. The molecule has 0 bridgehead atoms. The van der Waals surface area contributed by atoms with Gasteiger partial charge in [-0.25, -0.2) is 9.61 Å². The van der Waals surface area contributed by atoms with Gasteiger partial charge in [0.05, 0.1) is 16.0 Å². The Morgan fingerprint density at radius 1 is 1.48 bits per heavy atom. The van der Waals surface area contributed by atoms with Crippen LogP contribution in [0.2, 0.25) is 5.02 Å². The van der Waals surface area contributed by atoms with E-state index in [4.69, 9.17) is 11.6 Å². The fourth-order valence-electron chi connectivity index (χ4n) is 1.58. The highest BCUT2D eigenvalue weighted by Gasteiger charge is 2.11. The number of hydrogen-bond donors (Lipinski definition) is 1. The Labute approximate surface area is 132 Å². The summed E-state index contributed by atoms with van der Waals surface area (Å²) in [7, 11) is 0. The van der Waals surface area contributed by atoms with E-state index in [1.807, 2.05) is 18.2 Å². The van der Waals surface area contributed by atoms with E-state index in [1.165, 1.54) is 23.1 Å². The highest BCUT2D eigenvalue weighted by atomic mass is 35.5. The van der Waals surface area contributed by atoms with Crippen molar-refractivity contribution in [3.8, 4) is 0 Å². The summed E-state index contributed by atoms with van der Waals surface area (Å²) < 4.78 is 6.37. The van der Waals surface area contributed by atoms with Gasteiger partial charge in [-0.05, 0) is 30.3 Å². The molecule has 6 nitrogen and oxygen atoms in total. The van der Waals surface area contributed by atoms with E-state index in [0.29, 0.717) is 16.5 Å². The van der Waals surface area contributed by atoms with Crippen LogP contribution in [-0.2, 0) is 4.79 Å². The minimum absolute atomic E-state index is 0.184. The molecule has 0 unspecified atom stereocenters. The fourth-order valence-corrected chi connectivity index (χ4v) is 3.60. The standard InChI is InChI=1S/C12H9ClN4O2S2/c1-6-11(17-19-16-6)15-10(18)5-20-12-14-8-4-7(13)2-3-9(8)21-12/h2-4H,5H2,1H3,(H,15,17,18). The monoisotopic (exact) mass is 340 g/mol. The van der Waals surface area contributed by atoms with Crippen LogP contribution in [0.25, 0.3) is 10.2 Å². The van der Waals surface area contributed by atoms with Crippen LogP contribution in [0, 0.1) is 6.92 Å². The van der Waals surface area contributed by atoms with Crippen molar-refractivity contribution >= 4 is 56.6 Å². The Kier molecular flexibility index (Phi) is 4.09. The summed E-state index contributed by atoms with van der Waals surface area (Å²) in [5.41, 5.74) is 1.38. The number of fused-ring (bicyclic) bond motifs is 1. The molecule has 2 heterocycles. The largest absolute Gasteiger partial charge is 0.306 e. The molecular weight excluding hydrogens is 332 g/mol. The van der Waals surface area contributed by atoms with Gasteiger partial charge in [0.25, 0.3) is 0 Å². The van der Waals surface area contributed by atoms with Gasteiger partial charge in [0.2, 0.25) is 5.91 Å². The SMILES string of the molecule is Cc1nonc1NC(=O)CSc1nc2cc(Cl)ccc2s1. The van der Waals surface area contributed by atoms with Crippen LogP contribution in [0.5, 0.6) is 0 Å². The van der Waals surface area contributed by atoms with Crippen LogP contribution in [-0.4, -0.2) is 27.0 Å². The van der Waals surface area contributed by atoms with Crippen LogP contribution in [0.3, 0.4) is 0 Å². The molecule has 3 aromatic rings. The summed E-state index contributed by atoms with van der Waals surface area (Å²) in [6.07, 6.45) is 0. The molecule has 21 heavy (non-hydrogen) atoms. The van der Waals surface area contributed by atoms with Crippen molar-refractivity contribution in [2.24, 2.45) is 0 Å². The van der Waals surface area contributed by atoms with E-state index in [0.717, 1.165) is 14.6 Å². The van der Waals surface area contributed by atoms with Gasteiger partial charge in [-0.15, -0.1) is 11.3 Å². The first-order chi connectivity index (χ1) is 10.1. The van der Waals surface area contributed by atoms with Crippen LogP contribution in [0.1, 0.15) is 5.69 Å². The smallest absolute Gasteiger partial charge is 0.236 e. The Morgan fingerprint density at radius 2 is 2.33 bits per heavy atom. The van der Waals surface area contributed by atoms with Gasteiger partial charge in [0, 0.05) is 5.02 Å². The molecule has 0 aliphatic carbocycles. The number of rotatable bonds is 4. The van der Waals surface area contributed by atoms with Crippen molar-refractivity contribution < 1.29 is 9.42 Å². The zero-order chi connectivity index (χ0) is 14.8. The minimum atomic E-state index is -0.184. The Bertz CT molecular complexity index is 802. The van der Waals surface area contributed by atoms with Crippen molar-refractivity contribution in [2.45, 2.75) is 11.3 Å². The third-order valence-corrected chi connectivity index (χ3v) is 4.98. The van der Waals surface area contributed by atoms with Gasteiger partial charge in [-0.1, -0.05) is 28.5 Å². The summed E-state index contributed by atoms with van der Waals surface area (Å²) in [5, 5.41) is 10.5. The Balaban J connectivity index is 1.63. The molecule has 2 aromatic heterocycles. The number of aryl methyl sites for hydroxylation is 1. The van der Waals surface area contributed by atoms with E-state index >= 15 is 0 Å². The lowest BCUT2D eigenvalue weighted by Crippen LogP contribution is -2.14. The molecule has 0 atom stereocenters. The third-order valence-electron chi connectivity index (χ3n) is 2.57. The van der Waals surface area contributed by atoms with E-state index in [-0.39, 0.29) is 11.7 Å². The average Bonchev–Trinajstić information content (AvgIpc) is 3.02. The van der Waals surface area contributed by atoms with Crippen LogP contribution >= 0.6 is 34.7 Å². The molecule has 1 amide bonds. The van der Waals surface area contributed by atoms with Crippen molar-refractivity contribution in [3.63, 3.8) is 0 Å². The molecule has 108 valence electrons. The molecule has 1 aromatic carbocycles. The summed E-state index contributed by atoms with van der Waals surface area (Å²) in [4.78, 5) is 16.3. The predicted molar refractivity (Wildman–Crippen MR) is 83.0 cm³/mol. The molecule has 0 fully saturated rings. The number of anilines is 1. The third kappa shape index (κ3) is 3.34. The van der Waals surface area contributed by atoms with Crippen LogP contribution in [0.4, 0.5) is 5.82 Å². The number of benzene rings is 1. The topological polar surface area (TPSA) is 80.9 Å². The van der Waals surface area contributed by atoms with Gasteiger partial charge in [0.15, 0.2) is 10.2 Å². The van der Waals surface area contributed by atoms with Crippen molar-refractivity contribution in [2.75, 3.05) is 11.1 Å². The number of nitrogens with zero attached hydrogens (tertiary/aromatic N) is 3. The van der Waals surface area contributed by atoms with Crippen LogP contribution < -0.4 is 5.32 Å². The molecule has 1 N–H and O–H groups in total. The molecular formula is C12H9ClN4O2S2. The molecule has 0 radical (unpaired) electrons. The van der Waals surface area contributed by atoms with Crippen LogP contribution in [0.15, 0.2) is 27.2 Å². The Hall–Kier alpha value is -1.64. The zero-order valence-corrected chi connectivity index (χ0v) is 13.2. The molecule has 0 aliphatic heterocycles. The number of carbonyl (C=O) groups is 1.